The minimum Gasteiger partial charge on any atom is -0.423 e. The van der Waals surface area contributed by atoms with E-state index in [0.717, 1.165) is 17.8 Å². The number of alkyl halides is 3. The van der Waals surface area contributed by atoms with Crippen LogP contribution in [0.2, 0.25) is 0 Å². The van der Waals surface area contributed by atoms with Crippen LogP contribution < -0.4 is 5.32 Å². The Morgan fingerprint density at radius 2 is 1.87 bits per heavy atom. The van der Waals surface area contributed by atoms with Crippen molar-refractivity contribution in [1.29, 1.82) is 0 Å². The standard InChI is InChI=1S/C15H14F3N3OS/c1-14(2,3)11-7-23-13(20-11)21-12-19-9-6-8(15(16,17)18)4-5-10(9)22-12/h4-7H,1-3H3,(H,19,20,21). The van der Waals surface area contributed by atoms with Crippen molar-refractivity contribution in [3.05, 3.63) is 34.8 Å². The molecule has 0 spiro atoms. The van der Waals surface area contributed by atoms with Crippen LogP contribution in [0.25, 0.3) is 11.1 Å². The van der Waals surface area contributed by atoms with Crippen LogP contribution in [-0.4, -0.2) is 9.97 Å². The van der Waals surface area contributed by atoms with Crippen LogP contribution >= 0.6 is 11.3 Å². The number of anilines is 2. The summed E-state index contributed by atoms with van der Waals surface area (Å²) in [5.41, 5.74) is 0.511. The highest BCUT2D eigenvalue weighted by molar-refractivity contribution is 7.13. The van der Waals surface area contributed by atoms with E-state index in [1.54, 1.807) is 0 Å². The lowest BCUT2D eigenvalue weighted by molar-refractivity contribution is -0.137. The number of hydrogen-bond donors (Lipinski definition) is 1. The van der Waals surface area contributed by atoms with E-state index in [0.29, 0.717) is 5.13 Å². The number of nitrogens with one attached hydrogen (secondary N) is 1. The number of oxazole rings is 1. The molecule has 0 aliphatic heterocycles. The molecule has 0 unspecified atom stereocenters. The molecule has 8 heteroatoms. The van der Waals surface area contributed by atoms with Gasteiger partial charge in [-0.05, 0) is 18.2 Å². The predicted molar refractivity (Wildman–Crippen MR) is 83.1 cm³/mol. The summed E-state index contributed by atoms with van der Waals surface area (Å²) >= 11 is 1.39. The number of nitrogens with zero attached hydrogens (tertiary/aromatic N) is 2. The molecule has 0 saturated carbocycles. The number of rotatable bonds is 2. The molecular weight excluding hydrogens is 327 g/mol. The lowest BCUT2D eigenvalue weighted by Crippen LogP contribution is -2.11. The minimum absolute atomic E-state index is 0.0840. The number of hydrogen-bond acceptors (Lipinski definition) is 5. The fraction of sp³-hybridized carbons (Fsp3) is 0.333. The molecule has 2 aromatic heterocycles. The second kappa shape index (κ2) is 5.23. The summed E-state index contributed by atoms with van der Waals surface area (Å²) in [7, 11) is 0. The van der Waals surface area contributed by atoms with Crippen molar-refractivity contribution < 1.29 is 17.6 Å². The maximum Gasteiger partial charge on any atom is 0.416 e. The van der Waals surface area contributed by atoms with Crippen molar-refractivity contribution in [3.8, 4) is 0 Å². The summed E-state index contributed by atoms with van der Waals surface area (Å²) in [6.45, 7) is 6.14. The van der Waals surface area contributed by atoms with Crippen LogP contribution in [-0.2, 0) is 11.6 Å². The second-order valence-electron chi connectivity index (χ2n) is 6.11. The molecule has 0 aliphatic rings. The fourth-order valence-electron chi connectivity index (χ4n) is 1.92. The fourth-order valence-corrected chi connectivity index (χ4v) is 2.85. The van der Waals surface area contributed by atoms with Crippen molar-refractivity contribution in [1.82, 2.24) is 9.97 Å². The van der Waals surface area contributed by atoms with Gasteiger partial charge in [0, 0.05) is 10.8 Å². The van der Waals surface area contributed by atoms with Crippen LogP contribution in [0.5, 0.6) is 0 Å². The Kier molecular flexibility index (Phi) is 3.59. The third-order valence-electron chi connectivity index (χ3n) is 3.20. The highest BCUT2D eigenvalue weighted by Crippen LogP contribution is 2.33. The van der Waals surface area contributed by atoms with Crippen molar-refractivity contribution in [3.63, 3.8) is 0 Å². The molecular formula is C15H14F3N3OS. The molecule has 0 saturated heterocycles. The zero-order chi connectivity index (χ0) is 16.8. The number of thiazole rings is 1. The Bertz CT molecular complexity index is 846. The van der Waals surface area contributed by atoms with Gasteiger partial charge >= 0.3 is 12.2 Å². The monoisotopic (exact) mass is 341 g/mol. The topological polar surface area (TPSA) is 51.0 Å². The summed E-state index contributed by atoms with van der Waals surface area (Å²) in [6.07, 6.45) is -4.41. The summed E-state index contributed by atoms with van der Waals surface area (Å²) < 4.78 is 43.5. The molecule has 0 fully saturated rings. The van der Waals surface area contributed by atoms with Gasteiger partial charge in [0.2, 0.25) is 0 Å². The molecule has 0 atom stereocenters. The average Bonchev–Trinajstić information content (AvgIpc) is 3.02. The second-order valence-corrected chi connectivity index (χ2v) is 6.97. The van der Waals surface area contributed by atoms with E-state index in [1.165, 1.54) is 17.4 Å². The first-order chi connectivity index (χ1) is 10.6. The molecule has 1 aromatic carbocycles. The van der Waals surface area contributed by atoms with Crippen LogP contribution in [0.3, 0.4) is 0 Å². The van der Waals surface area contributed by atoms with Crippen molar-refractivity contribution in [2.75, 3.05) is 5.32 Å². The Morgan fingerprint density at radius 1 is 1.13 bits per heavy atom. The van der Waals surface area contributed by atoms with Gasteiger partial charge in [-0.15, -0.1) is 11.3 Å². The molecule has 23 heavy (non-hydrogen) atoms. The minimum atomic E-state index is -4.41. The Balaban J connectivity index is 1.88. The van der Waals surface area contributed by atoms with Gasteiger partial charge in [0.15, 0.2) is 10.7 Å². The van der Waals surface area contributed by atoms with E-state index in [2.05, 4.69) is 15.3 Å². The number of halogens is 3. The van der Waals surface area contributed by atoms with Gasteiger partial charge in [0.05, 0.1) is 11.3 Å². The van der Waals surface area contributed by atoms with Gasteiger partial charge < -0.3 is 4.42 Å². The third kappa shape index (κ3) is 3.31. The first-order valence-electron chi connectivity index (χ1n) is 6.84. The van der Waals surface area contributed by atoms with Gasteiger partial charge in [-0.25, -0.2) is 4.98 Å². The Labute approximate surface area is 134 Å². The largest absolute Gasteiger partial charge is 0.423 e. The van der Waals surface area contributed by atoms with Crippen LogP contribution in [0.4, 0.5) is 24.3 Å². The van der Waals surface area contributed by atoms with Crippen molar-refractivity contribution in [2.45, 2.75) is 32.4 Å². The molecule has 1 N–H and O–H groups in total. The lowest BCUT2D eigenvalue weighted by Gasteiger charge is -2.13. The highest BCUT2D eigenvalue weighted by atomic mass is 32.1. The Morgan fingerprint density at radius 3 is 2.48 bits per heavy atom. The number of fused-ring (bicyclic) bond motifs is 1. The quantitative estimate of drug-likeness (QED) is 0.683. The summed E-state index contributed by atoms with van der Waals surface area (Å²) in [6, 6.07) is 3.32. The van der Waals surface area contributed by atoms with Crippen LogP contribution in [0.1, 0.15) is 32.0 Å². The van der Waals surface area contributed by atoms with E-state index < -0.39 is 11.7 Å². The summed E-state index contributed by atoms with van der Waals surface area (Å²) in [5, 5.41) is 5.40. The smallest absolute Gasteiger partial charge is 0.416 e. The first kappa shape index (κ1) is 15.8. The van der Waals surface area contributed by atoms with E-state index in [9.17, 15) is 13.2 Å². The van der Waals surface area contributed by atoms with E-state index in [-0.39, 0.29) is 22.5 Å². The van der Waals surface area contributed by atoms with E-state index in [1.807, 2.05) is 26.2 Å². The van der Waals surface area contributed by atoms with Gasteiger partial charge in [0.1, 0.15) is 5.52 Å². The molecule has 2 heterocycles. The number of aromatic nitrogens is 2. The lowest BCUT2D eigenvalue weighted by atomic mass is 9.93. The third-order valence-corrected chi connectivity index (χ3v) is 3.96. The summed E-state index contributed by atoms with van der Waals surface area (Å²) in [5.74, 6) is 0. The van der Waals surface area contributed by atoms with Gasteiger partial charge in [-0.3, -0.25) is 5.32 Å². The van der Waals surface area contributed by atoms with Crippen molar-refractivity contribution >= 4 is 33.6 Å². The molecule has 0 bridgehead atoms. The Hall–Kier alpha value is -2.09. The highest BCUT2D eigenvalue weighted by Gasteiger charge is 2.31. The molecule has 3 aromatic rings. The molecule has 0 radical (unpaired) electrons. The SMILES string of the molecule is CC(C)(C)c1csc(Nc2nc3cc(C(F)(F)F)ccc3o2)n1. The van der Waals surface area contributed by atoms with Gasteiger partial charge in [0.25, 0.3) is 0 Å². The predicted octanol–water partition coefficient (Wildman–Crippen LogP) is 5.34. The zero-order valence-electron chi connectivity index (χ0n) is 12.7. The maximum atomic E-state index is 12.7. The molecule has 0 aliphatic carbocycles. The zero-order valence-corrected chi connectivity index (χ0v) is 13.5. The molecule has 0 amide bonds. The summed E-state index contributed by atoms with van der Waals surface area (Å²) in [4.78, 5) is 8.47. The molecule has 3 rings (SSSR count). The first-order valence-corrected chi connectivity index (χ1v) is 7.72. The van der Waals surface area contributed by atoms with E-state index in [4.69, 9.17) is 4.42 Å². The molecule has 122 valence electrons. The number of benzene rings is 1. The van der Waals surface area contributed by atoms with E-state index >= 15 is 0 Å². The normalized spacial score (nSPS) is 12.8. The van der Waals surface area contributed by atoms with Gasteiger partial charge in [-0.2, -0.15) is 18.2 Å². The average molecular weight is 341 g/mol. The van der Waals surface area contributed by atoms with Crippen LogP contribution in [0.15, 0.2) is 28.0 Å². The molecule has 4 nitrogen and oxygen atoms in total. The van der Waals surface area contributed by atoms with Gasteiger partial charge in [-0.1, -0.05) is 20.8 Å². The van der Waals surface area contributed by atoms with Crippen molar-refractivity contribution in [2.24, 2.45) is 0 Å². The maximum absolute atomic E-state index is 12.7. The van der Waals surface area contributed by atoms with Crippen LogP contribution in [0, 0.1) is 0 Å².